The van der Waals surface area contributed by atoms with Crippen LogP contribution in [0.5, 0.6) is 0 Å². The second-order valence-corrected chi connectivity index (χ2v) is 8.34. The first kappa shape index (κ1) is 14.8. The van der Waals surface area contributed by atoms with Crippen LogP contribution in [0, 0.1) is 0 Å². The molecule has 0 unspecified atom stereocenters. The molecule has 0 fully saturated rings. The summed E-state index contributed by atoms with van der Waals surface area (Å²) >= 11 is 6.42. The molecular weight excluding hydrogens is 338 g/mol. The van der Waals surface area contributed by atoms with E-state index in [-0.39, 0.29) is 23.7 Å². The predicted molar refractivity (Wildman–Crippen MR) is 64.1 cm³/mol. The van der Waals surface area contributed by atoms with E-state index in [1.54, 1.807) is 2.95 Å². The van der Waals surface area contributed by atoms with Crippen molar-refractivity contribution in [2.45, 2.75) is 25.8 Å². The van der Waals surface area contributed by atoms with E-state index in [1.165, 1.54) is 0 Å². The van der Waals surface area contributed by atoms with Gasteiger partial charge >= 0.3 is 0 Å². The van der Waals surface area contributed by atoms with Gasteiger partial charge < -0.3 is 5.11 Å². The van der Waals surface area contributed by atoms with Crippen molar-refractivity contribution < 1.29 is 13.5 Å². The van der Waals surface area contributed by atoms with E-state index in [1.807, 2.05) is 13.8 Å². The van der Waals surface area contributed by atoms with Gasteiger partial charge in [-0.25, -0.2) is 8.42 Å². The molecular formula is C7H15Br2NO3S. The number of aliphatic hydroxyl groups excluding tert-OH is 1. The summed E-state index contributed by atoms with van der Waals surface area (Å²) in [6, 6.07) is 0. The van der Waals surface area contributed by atoms with E-state index in [0.29, 0.717) is 6.42 Å². The number of hydrogen-bond acceptors (Lipinski definition) is 4. The lowest BCUT2D eigenvalue weighted by molar-refractivity contribution is 0.319. The van der Waals surface area contributed by atoms with E-state index in [4.69, 9.17) is 5.11 Å². The van der Waals surface area contributed by atoms with Gasteiger partial charge in [0.25, 0.3) is 0 Å². The van der Waals surface area contributed by atoms with Gasteiger partial charge in [-0.15, -0.1) is 0 Å². The molecule has 0 amide bonds. The second-order valence-electron chi connectivity index (χ2n) is 3.67. The Morgan fingerprint density at radius 3 is 2.14 bits per heavy atom. The van der Waals surface area contributed by atoms with Crippen molar-refractivity contribution >= 4 is 42.1 Å². The average Bonchev–Trinajstić information content (AvgIpc) is 2.01. The number of nitrogens with zero attached hydrogens (tertiary/aromatic N) is 1. The van der Waals surface area contributed by atoms with E-state index in [2.05, 4.69) is 32.3 Å². The van der Waals surface area contributed by atoms with Crippen LogP contribution < -0.4 is 0 Å². The molecule has 0 aliphatic rings. The molecule has 0 saturated carbocycles. The van der Waals surface area contributed by atoms with E-state index in [9.17, 15) is 8.42 Å². The van der Waals surface area contributed by atoms with E-state index < -0.39 is 9.84 Å². The monoisotopic (exact) mass is 351 g/mol. The van der Waals surface area contributed by atoms with Crippen LogP contribution >= 0.6 is 32.3 Å². The summed E-state index contributed by atoms with van der Waals surface area (Å²) in [6.07, 6.45) is 0.492. The Hall–Kier alpha value is 0.830. The summed E-state index contributed by atoms with van der Waals surface area (Å²) in [4.78, 5) is 0. The standard InChI is InChI=1S/C7H15Br2NO3S/c1-7(2,10(8)9)3-5-14(12,13)6-4-11/h11H,3-6H2,1-2H3. The highest BCUT2D eigenvalue weighted by Crippen LogP contribution is 2.26. The van der Waals surface area contributed by atoms with Crippen molar-refractivity contribution in [3.63, 3.8) is 0 Å². The van der Waals surface area contributed by atoms with Gasteiger partial charge in [-0.1, -0.05) is 0 Å². The summed E-state index contributed by atoms with van der Waals surface area (Å²) in [5.41, 5.74) is -0.289. The molecule has 7 heteroatoms. The van der Waals surface area contributed by atoms with Crippen LogP contribution in [-0.2, 0) is 9.84 Å². The lowest BCUT2D eigenvalue weighted by Gasteiger charge is -2.28. The number of hydrogen-bond donors (Lipinski definition) is 1. The van der Waals surface area contributed by atoms with Crippen LogP contribution in [0.15, 0.2) is 0 Å². The minimum atomic E-state index is -3.12. The van der Waals surface area contributed by atoms with E-state index in [0.717, 1.165) is 0 Å². The largest absolute Gasteiger partial charge is 0.395 e. The van der Waals surface area contributed by atoms with Crippen LogP contribution in [0.2, 0.25) is 0 Å². The summed E-state index contributed by atoms with van der Waals surface area (Å²) < 4.78 is 24.2. The topological polar surface area (TPSA) is 57.6 Å². The molecule has 0 aliphatic carbocycles. The molecule has 0 aliphatic heterocycles. The molecule has 1 N–H and O–H groups in total. The van der Waals surface area contributed by atoms with Gasteiger partial charge in [0.15, 0.2) is 9.84 Å². The average molecular weight is 353 g/mol. The fourth-order valence-electron chi connectivity index (χ4n) is 0.731. The van der Waals surface area contributed by atoms with Gasteiger partial charge in [-0.2, -0.15) is 2.95 Å². The van der Waals surface area contributed by atoms with Crippen LogP contribution in [0.3, 0.4) is 0 Å². The molecule has 0 aromatic carbocycles. The second kappa shape index (κ2) is 5.79. The highest BCUT2D eigenvalue weighted by atomic mass is 79.9. The van der Waals surface area contributed by atoms with E-state index >= 15 is 0 Å². The number of sulfone groups is 1. The third-order valence-electron chi connectivity index (χ3n) is 1.88. The lowest BCUT2D eigenvalue weighted by Crippen LogP contribution is -2.33. The maximum absolute atomic E-state index is 11.3. The Bertz CT molecular complexity index is 264. The minimum Gasteiger partial charge on any atom is -0.395 e. The third-order valence-corrected chi connectivity index (χ3v) is 5.44. The first-order chi connectivity index (χ1) is 6.21. The van der Waals surface area contributed by atoms with Gasteiger partial charge in [0.1, 0.15) is 0 Å². The molecule has 0 saturated heterocycles. The summed E-state index contributed by atoms with van der Waals surface area (Å²) in [5, 5.41) is 8.53. The Balaban J connectivity index is 4.19. The minimum absolute atomic E-state index is 0.0776. The molecule has 0 aromatic rings. The van der Waals surface area contributed by atoms with Crippen LogP contribution in [0.4, 0.5) is 0 Å². The Kier molecular flexibility index (Phi) is 6.13. The molecule has 0 aromatic heterocycles. The zero-order valence-corrected chi connectivity index (χ0v) is 12.2. The van der Waals surface area contributed by atoms with Gasteiger partial charge in [0.2, 0.25) is 0 Å². The van der Waals surface area contributed by atoms with Gasteiger partial charge in [-0.05, 0) is 20.3 Å². The Morgan fingerprint density at radius 1 is 1.29 bits per heavy atom. The highest BCUT2D eigenvalue weighted by molar-refractivity contribution is 9.21. The molecule has 0 atom stereocenters. The molecule has 86 valence electrons. The Morgan fingerprint density at radius 2 is 1.79 bits per heavy atom. The van der Waals surface area contributed by atoms with Crippen molar-refractivity contribution in [3.05, 3.63) is 0 Å². The molecule has 0 radical (unpaired) electrons. The van der Waals surface area contributed by atoms with Crippen molar-refractivity contribution in [1.29, 1.82) is 0 Å². The first-order valence-electron chi connectivity index (χ1n) is 4.14. The van der Waals surface area contributed by atoms with Crippen molar-refractivity contribution in [3.8, 4) is 0 Å². The van der Waals surface area contributed by atoms with Gasteiger partial charge in [0.05, 0.1) is 18.1 Å². The zero-order chi connectivity index (χ0) is 11.4. The third kappa shape index (κ3) is 5.65. The maximum Gasteiger partial charge on any atom is 0.152 e. The lowest BCUT2D eigenvalue weighted by atomic mass is 10.0. The normalized spacial score (nSPS) is 13.6. The van der Waals surface area contributed by atoms with Crippen molar-refractivity contribution in [2.75, 3.05) is 18.1 Å². The van der Waals surface area contributed by atoms with Gasteiger partial charge in [0, 0.05) is 37.8 Å². The van der Waals surface area contributed by atoms with Crippen molar-refractivity contribution in [1.82, 2.24) is 2.95 Å². The maximum atomic E-state index is 11.3. The smallest absolute Gasteiger partial charge is 0.152 e. The van der Waals surface area contributed by atoms with Crippen molar-refractivity contribution in [2.24, 2.45) is 0 Å². The summed E-state index contributed by atoms with van der Waals surface area (Å²) in [5.74, 6) is -0.0814. The predicted octanol–water partition coefficient (Wildman–Crippen LogP) is 1.48. The quantitative estimate of drug-likeness (QED) is 0.736. The fraction of sp³-hybridized carbons (Fsp3) is 1.00. The molecule has 0 bridgehead atoms. The number of rotatable bonds is 6. The number of halogens is 2. The SMILES string of the molecule is CC(C)(CCS(=O)(=O)CCO)N(Br)Br. The Labute approximate surface area is 102 Å². The first-order valence-corrected chi connectivity index (χ1v) is 7.38. The summed E-state index contributed by atoms with van der Waals surface area (Å²) in [6.45, 7) is 3.50. The fourth-order valence-corrected chi connectivity index (χ4v) is 2.38. The highest BCUT2D eigenvalue weighted by Gasteiger charge is 2.25. The molecule has 0 heterocycles. The van der Waals surface area contributed by atoms with Gasteiger partial charge in [-0.3, -0.25) is 0 Å². The zero-order valence-electron chi connectivity index (χ0n) is 8.20. The van der Waals surface area contributed by atoms with Crippen LogP contribution in [0.25, 0.3) is 0 Å². The molecule has 0 spiro atoms. The van der Waals surface area contributed by atoms with Crippen LogP contribution in [0.1, 0.15) is 20.3 Å². The van der Waals surface area contributed by atoms with Crippen LogP contribution in [-0.4, -0.2) is 40.1 Å². The molecule has 0 rings (SSSR count). The molecule has 4 nitrogen and oxygen atoms in total. The number of aliphatic hydroxyl groups is 1. The summed E-state index contributed by atoms with van der Waals surface area (Å²) in [7, 11) is -3.12. The molecule has 14 heavy (non-hydrogen) atoms.